The molecular formula is C14H18BrN3. The van der Waals surface area contributed by atoms with E-state index in [1.165, 1.54) is 11.4 Å². The summed E-state index contributed by atoms with van der Waals surface area (Å²) in [5, 5.41) is 0. The highest BCUT2D eigenvalue weighted by atomic mass is 79.9. The van der Waals surface area contributed by atoms with E-state index in [9.17, 15) is 0 Å². The van der Waals surface area contributed by atoms with Crippen molar-refractivity contribution in [3.63, 3.8) is 0 Å². The third-order valence-electron chi connectivity index (χ3n) is 3.08. The highest BCUT2D eigenvalue weighted by Gasteiger charge is 2.21. The predicted octanol–water partition coefficient (Wildman–Crippen LogP) is -0.246. The molecule has 0 aliphatic rings. The van der Waals surface area contributed by atoms with Gasteiger partial charge in [-0.1, -0.05) is 0 Å². The number of anilines is 2. The van der Waals surface area contributed by atoms with Gasteiger partial charge in [-0.25, -0.2) is 0 Å². The molecular weight excluding hydrogens is 290 g/mol. The Morgan fingerprint density at radius 1 is 0.667 bits per heavy atom. The van der Waals surface area contributed by atoms with Crippen molar-refractivity contribution in [1.82, 2.24) is 4.48 Å². The van der Waals surface area contributed by atoms with Crippen molar-refractivity contribution in [3.05, 3.63) is 48.5 Å². The van der Waals surface area contributed by atoms with Gasteiger partial charge in [0, 0.05) is 35.6 Å². The second-order valence-corrected chi connectivity index (χ2v) is 4.64. The van der Waals surface area contributed by atoms with Gasteiger partial charge in [-0.2, -0.15) is 0 Å². The van der Waals surface area contributed by atoms with Crippen LogP contribution in [0.4, 0.5) is 22.7 Å². The van der Waals surface area contributed by atoms with Gasteiger partial charge in [0.15, 0.2) is 0 Å². The highest BCUT2D eigenvalue weighted by molar-refractivity contribution is 5.61. The number of hydrogen-bond donors (Lipinski definition) is 2. The van der Waals surface area contributed by atoms with Crippen LogP contribution < -0.4 is 32.9 Å². The van der Waals surface area contributed by atoms with E-state index in [1.54, 1.807) is 0 Å². The van der Waals surface area contributed by atoms with Crippen LogP contribution >= 0.6 is 0 Å². The fourth-order valence-corrected chi connectivity index (χ4v) is 1.84. The maximum absolute atomic E-state index is 5.71. The summed E-state index contributed by atoms with van der Waals surface area (Å²) >= 11 is 0. The van der Waals surface area contributed by atoms with Crippen LogP contribution in [0.5, 0.6) is 0 Å². The fraction of sp³-hybridized carbons (Fsp3) is 0.143. The zero-order valence-corrected chi connectivity index (χ0v) is 12.2. The molecule has 0 spiro atoms. The maximum Gasteiger partial charge on any atom is 0.137 e. The van der Waals surface area contributed by atoms with E-state index >= 15 is 0 Å². The molecule has 0 saturated carbocycles. The van der Waals surface area contributed by atoms with E-state index in [2.05, 4.69) is 14.1 Å². The lowest BCUT2D eigenvalue weighted by atomic mass is 10.2. The van der Waals surface area contributed by atoms with Crippen LogP contribution in [0.1, 0.15) is 0 Å². The van der Waals surface area contributed by atoms with Crippen molar-refractivity contribution >= 4 is 22.7 Å². The Kier molecular flexibility index (Phi) is 4.38. The molecule has 0 aromatic heterocycles. The summed E-state index contributed by atoms with van der Waals surface area (Å²) in [7, 11) is 4.27. The van der Waals surface area contributed by atoms with Gasteiger partial charge in [0.2, 0.25) is 0 Å². The largest absolute Gasteiger partial charge is 1.00 e. The highest BCUT2D eigenvalue weighted by Crippen LogP contribution is 2.31. The number of nitrogens with zero attached hydrogens (tertiary/aromatic N) is 1. The lowest BCUT2D eigenvalue weighted by Gasteiger charge is -2.28. The van der Waals surface area contributed by atoms with E-state index in [0.717, 1.165) is 11.4 Å². The van der Waals surface area contributed by atoms with Crippen LogP contribution in [0.2, 0.25) is 0 Å². The van der Waals surface area contributed by atoms with Crippen molar-refractivity contribution in [2.24, 2.45) is 0 Å². The van der Waals surface area contributed by atoms with Gasteiger partial charge in [-0.15, -0.1) is 0 Å². The van der Waals surface area contributed by atoms with E-state index in [-0.39, 0.29) is 17.0 Å². The molecule has 0 unspecified atom stereocenters. The van der Waals surface area contributed by atoms with Gasteiger partial charge < -0.3 is 28.4 Å². The molecule has 0 aliphatic heterocycles. The lowest BCUT2D eigenvalue weighted by Crippen LogP contribution is -3.00. The molecule has 96 valence electrons. The third kappa shape index (κ3) is 2.83. The number of halogens is 1. The predicted molar refractivity (Wildman–Crippen MR) is 75.0 cm³/mol. The zero-order chi connectivity index (χ0) is 12.5. The van der Waals surface area contributed by atoms with Gasteiger partial charge in [0.25, 0.3) is 0 Å². The second-order valence-electron chi connectivity index (χ2n) is 4.64. The molecule has 0 fully saturated rings. The molecule has 2 rings (SSSR count). The Labute approximate surface area is 118 Å². The summed E-state index contributed by atoms with van der Waals surface area (Å²) in [6, 6.07) is 15.9. The van der Waals surface area contributed by atoms with Crippen LogP contribution in [0.3, 0.4) is 0 Å². The van der Waals surface area contributed by atoms with Gasteiger partial charge >= 0.3 is 0 Å². The van der Waals surface area contributed by atoms with E-state index in [0.29, 0.717) is 4.48 Å². The molecule has 4 N–H and O–H groups in total. The molecule has 0 atom stereocenters. The van der Waals surface area contributed by atoms with Crippen LogP contribution in [-0.2, 0) is 0 Å². The Balaban J connectivity index is 0.00000162. The topological polar surface area (TPSA) is 52.0 Å². The van der Waals surface area contributed by atoms with Crippen molar-refractivity contribution in [2.45, 2.75) is 0 Å². The van der Waals surface area contributed by atoms with Crippen LogP contribution in [0.15, 0.2) is 48.5 Å². The number of quaternary nitrogens is 1. The Morgan fingerprint density at radius 2 is 0.944 bits per heavy atom. The van der Waals surface area contributed by atoms with Gasteiger partial charge in [0.05, 0.1) is 14.1 Å². The quantitative estimate of drug-likeness (QED) is 0.594. The minimum atomic E-state index is 0. The summed E-state index contributed by atoms with van der Waals surface area (Å²) in [4.78, 5) is 0. The van der Waals surface area contributed by atoms with Gasteiger partial charge in [0.1, 0.15) is 11.4 Å². The Morgan fingerprint density at radius 3 is 1.22 bits per heavy atom. The molecule has 0 aliphatic carbocycles. The van der Waals surface area contributed by atoms with E-state index in [4.69, 9.17) is 11.5 Å². The minimum absolute atomic E-state index is 0. The van der Waals surface area contributed by atoms with Crippen molar-refractivity contribution < 1.29 is 17.0 Å². The second kappa shape index (κ2) is 5.42. The molecule has 0 saturated heterocycles. The molecule has 2 aromatic carbocycles. The summed E-state index contributed by atoms with van der Waals surface area (Å²) in [5.41, 5.74) is 15.3. The molecule has 0 bridgehead atoms. The number of rotatable bonds is 2. The van der Waals surface area contributed by atoms with Crippen LogP contribution in [-0.4, -0.2) is 14.1 Å². The summed E-state index contributed by atoms with van der Waals surface area (Å²) < 4.78 is 0.667. The van der Waals surface area contributed by atoms with Crippen molar-refractivity contribution in [2.75, 3.05) is 25.6 Å². The number of nitrogens with two attached hydrogens (primary N) is 2. The molecule has 2 aromatic rings. The molecule has 3 nitrogen and oxygen atoms in total. The SMILES string of the molecule is C[N+](C)(c1ccc(N)cc1)c1ccc(N)cc1.[Br-]. The number of nitrogen functional groups attached to an aromatic ring is 2. The van der Waals surface area contributed by atoms with Crippen LogP contribution in [0, 0.1) is 0 Å². The first kappa shape index (κ1) is 14.5. The molecule has 18 heavy (non-hydrogen) atoms. The number of benzene rings is 2. The molecule has 4 heteroatoms. The van der Waals surface area contributed by atoms with Crippen LogP contribution in [0.25, 0.3) is 0 Å². The van der Waals surface area contributed by atoms with Crippen molar-refractivity contribution in [1.29, 1.82) is 0 Å². The average Bonchev–Trinajstić information content (AvgIpc) is 2.30. The Hall–Kier alpha value is -1.52. The fourth-order valence-electron chi connectivity index (χ4n) is 1.84. The maximum atomic E-state index is 5.71. The average molecular weight is 308 g/mol. The van der Waals surface area contributed by atoms with Crippen molar-refractivity contribution in [3.8, 4) is 0 Å². The van der Waals surface area contributed by atoms with Gasteiger partial charge in [-0.3, -0.25) is 4.48 Å². The molecule has 0 radical (unpaired) electrons. The van der Waals surface area contributed by atoms with Gasteiger partial charge in [-0.05, 0) is 24.3 Å². The summed E-state index contributed by atoms with van der Waals surface area (Å²) in [5.74, 6) is 0. The first-order valence-electron chi connectivity index (χ1n) is 5.56. The lowest BCUT2D eigenvalue weighted by molar-refractivity contribution is -0.00000358. The minimum Gasteiger partial charge on any atom is -1.00 e. The smallest absolute Gasteiger partial charge is 0.137 e. The molecule has 0 amide bonds. The standard InChI is InChI=1S/C14H18N3.BrH/c1-17(2,13-7-3-11(15)4-8-13)14-9-5-12(16)6-10-14;/h3-10H,15-16H2,1-2H3;1H/q+1;/p-1. The summed E-state index contributed by atoms with van der Waals surface area (Å²) in [6.07, 6.45) is 0. The monoisotopic (exact) mass is 307 g/mol. The van der Waals surface area contributed by atoms with E-state index in [1.807, 2.05) is 48.5 Å². The summed E-state index contributed by atoms with van der Waals surface area (Å²) in [6.45, 7) is 0. The van der Waals surface area contributed by atoms with E-state index < -0.39 is 0 Å². The molecule has 0 heterocycles. The first-order chi connectivity index (χ1) is 8.00. The third-order valence-corrected chi connectivity index (χ3v) is 3.08. The zero-order valence-electron chi connectivity index (χ0n) is 10.6. The number of hydrogen-bond acceptors (Lipinski definition) is 2. The Bertz CT molecular complexity index is 456. The normalized spacial score (nSPS) is 10.8. The first-order valence-corrected chi connectivity index (χ1v) is 5.56.